The van der Waals surface area contributed by atoms with Gasteiger partial charge in [-0.1, -0.05) is 0 Å². The fourth-order valence-corrected chi connectivity index (χ4v) is 2.83. The Morgan fingerprint density at radius 3 is 1.42 bits per heavy atom. The van der Waals surface area contributed by atoms with E-state index in [1.165, 1.54) is 0 Å². The normalized spacial score (nSPS) is 14.2. The molecule has 36 heavy (non-hydrogen) atoms. The smallest absolute Gasteiger partial charge is 0.308 e. The highest BCUT2D eigenvalue weighted by Gasteiger charge is 2.22. The lowest BCUT2D eigenvalue weighted by Crippen LogP contribution is -2.42. The maximum absolute atomic E-state index is 12.0. The van der Waals surface area contributed by atoms with Crippen LogP contribution in [0, 0.1) is 0 Å². The van der Waals surface area contributed by atoms with E-state index in [0.717, 1.165) is 0 Å². The van der Waals surface area contributed by atoms with E-state index in [1.807, 2.05) is 20.8 Å². The number of nitrogens with two attached hydrogens (primary N) is 1. The van der Waals surface area contributed by atoms with Crippen molar-refractivity contribution in [1.82, 2.24) is 0 Å². The van der Waals surface area contributed by atoms with E-state index in [2.05, 4.69) is 0 Å². The van der Waals surface area contributed by atoms with E-state index in [9.17, 15) is 14.4 Å². The van der Waals surface area contributed by atoms with Gasteiger partial charge in [-0.2, -0.15) is 0 Å². The third kappa shape index (κ3) is 21.5. The van der Waals surface area contributed by atoms with Gasteiger partial charge in [0.25, 0.3) is 0 Å². The fourth-order valence-electron chi connectivity index (χ4n) is 2.83. The van der Waals surface area contributed by atoms with Gasteiger partial charge >= 0.3 is 17.9 Å². The summed E-state index contributed by atoms with van der Waals surface area (Å²) in [4.78, 5) is 35.6. The molecule has 0 bridgehead atoms. The fraction of sp³-hybridized carbons (Fsp3) is 0.885. The van der Waals surface area contributed by atoms with Crippen LogP contribution in [0.25, 0.3) is 0 Å². The molecule has 2 atom stereocenters. The number of ether oxygens (including phenoxy) is 6. The van der Waals surface area contributed by atoms with Crippen LogP contribution in [0.5, 0.6) is 0 Å². The predicted octanol–water partition coefficient (Wildman–Crippen LogP) is 3.32. The van der Waals surface area contributed by atoms with Crippen molar-refractivity contribution >= 4 is 17.9 Å². The van der Waals surface area contributed by atoms with Gasteiger partial charge in [0, 0.05) is 6.61 Å². The van der Waals surface area contributed by atoms with Gasteiger partial charge in [-0.3, -0.25) is 14.4 Å². The molecule has 0 fully saturated rings. The summed E-state index contributed by atoms with van der Waals surface area (Å²) in [6.07, 6.45) is 0.303. The van der Waals surface area contributed by atoms with Gasteiger partial charge in [0.15, 0.2) is 0 Å². The summed E-state index contributed by atoms with van der Waals surface area (Å²) in [5.74, 6) is -1.04. The Hall–Kier alpha value is -1.75. The molecule has 0 spiro atoms. The molecule has 0 aromatic carbocycles. The molecule has 2 unspecified atom stereocenters. The number of rotatable bonds is 16. The summed E-state index contributed by atoms with van der Waals surface area (Å²) in [5.41, 5.74) is 4.61. The molecule has 212 valence electrons. The van der Waals surface area contributed by atoms with Crippen molar-refractivity contribution in [2.75, 3.05) is 33.0 Å². The first-order valence-electron chi connectivity index (χ1n) is 12.6. The molecule has 0 amide bonds. The summed E-state index contributed by atoms with van der Waals surface area (Å²) in [6, 6.07) is -0.517. The summed E-state index contributed by atoms with van der Waals surface area (Å²) < 4.78 is 32.8. The molecule has 0 aromatic rings. The Labute approximate surface area is 216 Å². The molecule has 0 aliphatic carbocycles. The van der Waals surface area contributed by atoms with Crippen molar-refractivity contribution < 1.29 is 42.8 Å². The number of esters is 3. The molecule has 0 saturated carbocycles. The van der Waals surface area contributed by atoms with Crippen LogP contribution < -0.4 is 5.73 Å². The Kier molecular flexibility index (Phi) is 15.4. The molecular formula is C26H49NO9. The molecule has 0 aliphatic heterocycles. The lowest BCUT2D eigenvalue weighted by atomic mass is 10.1. The number of hydrogen-bond donors (Lipinski definition) is 1. The average Bonchev–Trinajstić information content (AvgIpc) is 2.65. The van der Waals surface area contributed by atoms with Crippen molar-refractivity contribution in [1.29, 1.82) is 0 Å². The molecule has 0 heterocycles. The van der Waals surface area contributed by atoms with Crippen LogP contribution >= 0.6 is 0 Å². The SMILES string of the molecule is CC(C)(C)OC(=O)CCOCCC(OCCC(=O)OC(C)(C)C)C(N)COCCC(=O)OC(C)(C)C. The zero-order chi connectivity index (χ0) is 28.0. The van der Waals surface area contributed by atoms with Crippen molar-refractivity contribution in [2.45, 2.75) is 117 Å². The second kappa shape index (κ2) is 16.2. The van der Waals surface area contributed by atoms with E-state index in [-0.39, 0.29) is 63.6 Å². The molecule has 2 N–H and O–H groups in total. The third-order valence-corrected chi connectivity index (χ3v) is 4.13. The van der Waals surface area contributed by atoms with E-state index >= 15 is 0 Å². The second-order valence-corrected chi connectivity index (χ2v) is 11.6. The van der Waals surface area contributed by atoms with Gasteiger partial charge in [-0.25, -0.2) is 0 Å². The highest BCUT2D eigenvalue weighted by Crippen LogP contribution is 2.12. The first-order chi connectivity index (χ1) is 16.4. The van der Waals surface area contributed by atoms with Gasteiger partial charge in [-0.15, -0.1) is 0 Å². The Morgan fingerprint density at radius 1 is 0.611 bits per heavy atom. The molecular weight excluding hydrogens is 470 g/mol. The Bertz CT molecular complexity index is 660. The maximum atomic E-state index is 12.0. The van der Waals surface area contributed by atoms with Crippen LogP contribution in [0.4, 0.5) is 0 Å². The van der Waals surface area contributed by atoms with E-state index in [1.54, 1.807) is 41.5 Å². The monoisotopic (exact) mass is 519 g/mol. The summed E-state index contributed by atoms with van der Waals surface area (Å²) in [6.45, 7) is 17.2. The minimum atomic E-state index is -0.573. The van der Waals surface area contributed by atoms with Crippen LogP contribution in [0.15, 0.2) is 0 Å². The lowest BCUT2D eigenvalue weighted by molar-refractivity contribution is -0.157. The zero-order valence-corrected chi connectivity index (χ0v) is 23.8. The molecule has 0 aliphatic rings. The maximum Gasteiger partial charge on any atom is 0.308 e. The van der Waals surface area contributed by atoms with Crippen molar-refractivity contribution in [2.24, 2.45) is 5.73 Å². The first-order valence-corrected chi connectivity index (χ1v) is 12.6. The quantitative estimate of drug-likeness (QED) is 0.184. The van der Waals surface area contributed by atoms with E-state index in [0.29, 0.717) is 13.0 Å². The van der Waals surface area contributed by atoms with Crippen LogP contribution in [0.2, 0.25) is 0 Å². The first kappa shape index (κ1) is 34.2. The van der Waals surface area contributed by atoms with Crippen molar-refractivity contribution in [3.05, 3.63) is 0 Å². The van der Waals surface area contributed by atoms with Gasteiger partial charge in [0.2, 0.25) is 0 Å². The second-order valence-electron chi connectivity index (χ2n) is 11.6. The third-order valence-electron chi connectivity index (χ3n) is 4.13. The minimum absolute atomic E-state index is 0.0828. The molecule has 0 radical (unpaired) electrons. The average molecular weight is 520 g/mol. The molecule has 0 saturated heterocycles. The van der Waals surface area contributed by atoms with Gasteiger partial charge in [0.05, 0.1) is 57.8 Å². The number of carbonyl (C=O) groups excluding carboxylic acids is 3. The molecule has 0 rings (SSSR count). The Morgan fingerprint density at radius 2 is 1.00 bits per heavy atom. The lowest BCUT2D eigenvalue weighted by Gasteiger charge is -2.25. The van der Waals surface area contributed by atoms with Crippen LogP contribution in [0.1, 0.15) is 88.0 Å². The standard InChI is InChI=1S/C26H49NO9/c1-24(2,3)34-21(28)11-15-31-14-10-20(33-17-13-23(30)36-26(7,8)9)19(27)18-32-16-12-22(29)35-25(4,5)6/h19-20H,10-18,27H2,1-9H3. The number of carbonyl (C=O) groups is 3. The number of hydrogen-bond acceptors (Lipinski definition) is 10. The van der Waals surface area contributed by atoms with E-state index < -0.39 is 28.9 Å². The van der Waals surface area contributed by atoms with Crippen LogP contribution in [0.3, 0.4) is 0 Å². The van der Waals surface area contributed by atoms with Crippen LogP contribution in [-0.4, -0.2) is 79.9 Å². The zero-order valence-electron chi connectivity index (χ0n) is 23.8. The summed E-state index contributed by atoms with van der Waals surface area (Å²) in [5, 5.41) is 0. The van der Waals surface area contributed by atoms with Crippen molar-refractivity contribution in [3.8, 4) is 0 Å². The highest BCUT2D eigenvalue weighted by molar-refractivity contribution is 5.70. The highest BCUT2D eigenvalue weighted by atomic mass is 16.6. The summed E-state index contributed by atoms with van der Waals surface area (Å²) in [7, 11) is 0. The van der Waals surface area contributed by atoms with Gasteiger partial charge < -0.3 is 34.2 Å². The predicted molar refractivity (Wildman–Crippen MR) is 135 cm³/mol. The van der Waals surface area contributed by atoms with Gasteiger partial charge in [-0.05, 0) is 68.7 Å². The summed E-state index contributed by atoms with van der Waals surface area (Å²) >= 11 is 0. The molecule has 10 nitrogen and oxygen atoms in total. The van der Waals surface area contributed by atoms with Gasteiger partial charge in [0.1, 0.15) is 16.8 Å². The molecule has 10 heteroatoms. The topological polar surface area (TPSA) is 133 Å². The van der Waals surface area contributed by atoms with Crippen molar-refractivity contribution in [3.63, 3.8) is 0 Å². The largest absolute Gasteiger partial charge is 0.460 e. The van der Waals surface area contributed by atoms with E-state index in [4.69, 9.17) is 34.2 Å². The van der Waals surface area contributed by atoms with Crippen LogP contribution in [-0.2, 0) is 42.8 Å². The molecule has 0 aromatic heterocycles. The Balaban J connectivity index is 4.59. The minimum Gasteiger partial charge on any atom is -0.460 e.